The van der Waals surface area contributed by atoms with Gasteiger partial charge in [0.25, 0.3) is 0 Å². The van der Waals surface area contributed by atoms with Gasteiger partial charge in [0.05, 0.1) is 33.4 Å². The Morgan fingerprint density at radius 1 is 1.26 bits per heavy atom. The molecule has 1 amide bonds. The number of nitrogens with one attached hydrogen (secondary N) is 2. The summed E-state index contributed by atoms with van der Waals surface area (Å²) in [5.74, 6) is 0.911. The summed E-state index contributed by atoms with van der Waals surface area (Å²) >= 11 is 12.4. The van der Waals surface area contributed by atoms with Crippen LogP contribution in [0.25, 0.3) is 0 Å². The van der Waals surface area contributed by atoms with Crippen molar-refractivity contribution in [3.05, 3.63) is 75.2 Å². The molecule has 0 atom stereocenters. The molecule has 0 aliphatic carbocycles. The van der Waals surface area contributed by atoms with Gasteiger partial charge in [-0.25, -0.2) is 4.98 Å². The first-order valence-corrected chi connectivity index (χ1v) is 12.8. The topological polar surface area (TPSA) is 144 Å². The second kappa shape index (κ2) is 11.5. The first-order chi connectivity index (χ1) is 18.5. The molecule has 4 rings (SSSR count). The number of ether oxygens (including phenoxy) is 1. The molecular formula is C27H28Cl2N8O2. The van der Waals surface area contributed by atoms with E-state index >= 15 is 0 Å². The molecule has 0 spiro atoms. The predicted octanol–water partition coefficient (Wildman–Crippen LogP) is 3.49. The van der Waals surface area contributed by atoms with Crippen molar-refractivity contribution in [1.29, 1.82) is 10.7 Å². The molecule has 0 radical (unpaired) electrons. The Morgan fingerprint density at radius 3 is 2.59 bits per heavy atom. The Morgan fingerprint density at radius 2 is 1.95 bits per heavy atom. The maximum absolute atomic E-state index is 12.2. The van der Waals surface area contributed by atoms with Crippen LogP contribution >= 0.6 is 23.2 Å². The average Bonchev–Trinajstić information content (AvgIpc) is 2.86. The Hall–Kier alpha value is -3.91. The minimum Gasteiger partial charge on any atom is -0.489 e. The molecule has 39 heavy (non-hydrogen) atoms. The lowest BCUT2D eigenvalue weighted by Crippen LogP contribution is -2.69. The third-order valence-electron chi connectivity index (χ3n) is 6.19. The number of benzene rings is 1. The molecule has 1 fully saturated rings. The van der Waals surface area contributed by atoms with Crippen molar-refractivity contribution in [2.24, 2.45) is 0 Å². The maximum atomic E-state index is 12.2. The quantitative estimate of drug-likeness (QED) is 0.263. The SMILES string of the molecule is CN(C)CC(=O)NC1(C)CN(c2ncc(C(=N)c3cc(OCc4c(Cl)cncc4Cl)ccc3N)cc2C#N)C1. The second-order valence-electron chi connectivity index (χ2n) is 9.90. The number of carbonyl (C=O) groups excluding carboxylic acids is 1. The zero-order valence-electron chi connectivity index (χ0n) is 21.8. The number of nitrogens with two attached hydrogens (primary N) is 1. The van der Waals surface area contributed by atoms with Crippen LogP contribution in [-0.4, -0.2) is 65.8 Å². The molecule has 1 aliphatic rings. The molecule has 0 unspecified atom stereocenters. The van der Waals surface area contributed by atoms with Gasteiger partial charge in [-0.15, -0.1) is 0 Å². The third kappa shape index (κ3) is 6.40. The van der Waals surface area contributed by atoms with Crippen LogP contribution in [-0.2, 0) is 11.4 Å². The first-order valence-electron chi connectivity index (χ1n) is 12.0. The number of anilines is 2. The van der Waals surface area contributed by atoms with Crippen LogP contribution in [0, 0.1) is 16.7 Å². The van der Waals surface area contributed by atoms with Crippen molar-refractivity contribution in [2.75, 3.05) is 44.4 Å². The molecule has 3 aromatic rings. The van der Waals surface area contributed by atoms with Gasteiger partial charge in [0.1, 0.15) is 24.2 Å². The minimum absolute atomic E-state index is 0.0600. The van der Waals surface area contributed by atoms with Gasteiger partial charge in [-0.3, -0.25) is 15.2 Å². The van der Waals surface area contributed by atoms with Gasteiger partial charge < -0.3 is 25.6 Å². The smallest absolute Gasteiger partial charge is 0.234 e. The number of nitriles is 1. The Labute approximate surface area is 236 Å². The summed E-state index contributed by atoms with van der Waals surface area (Å²) in [6, 6.07) is 8.79. The van der Waals surface area contributed by atoms with Crippen LogP contribution in [0.5, 0.6) is 5.75 Å². The van der Waals surface area contributed by atoms with Gasteiger partial charge in [-0.05, 0) is 45.3 Å². The normalized spacial score (nSPS) is 13.9. The highest BCUT2D eigenvalue weighted by molar-refractivity contribution is 6.35. The van der Waals surface area contributed by atoms with Crippen LogP contribution < -0.4 is 20.7 Å². The molecule has 2 aromatic heterocycles. The lowest BCUT2D eigenvalue weighted by atomic mass is 9.91. The van der Waals surface area contributed by atoms with Gasteiger partial charge in [-0.2, -0.15) is 5.26 Å². The molecule has 202 valence electrons. The van der Waals surface area contributed by atoms with Gasteiger partial charge in [0.15, 0.2) is 0 Å². The predicted molar refractivity (Wildman–Crippen MR) is 152 cm³/mol. The Kier molecular flexibility index (Phi) is 8.25. The van der Waals surface area contributed by atoms with E-state index in [9.17, 15) is 10.1 Å². The third-order valence-corrected chi connectivity index (χ3v) is 6.84. The largest absolute Gasteiger partial charge is 0.489 e. The van der Waals surface area contributed by atoms with Crippen molar-refractivity contribution in [3.8, 4) is 11.8 Å². The summed E-state index contributed by atoms with van der Waals surface area (Å²) in [6.45, 7) is 3.40. The van der Waals surface area contributed by atoms with Crippen molar-refractivity contribution in [2.45, 2.75) is 19.1 Å². The van der Waals surface area contributed by atoms with E-state index in [1.54, 1.807) is 35.4 Å². The fraction of sp³-hybridized carbons (Fsp3) is 0.296. The van der Waals surface area contributed by atoms with E-state index in [-0.39, 0.29) is 18.2 Å². The zero-order chi connectivity index (χ0) is 28.3. The van der Waals surface area contributed by atoms with Crippen LogP contribution in [0.4, 0.5) is 11.5 Å². The van der Waals surface area contributed by atoms with Crippen molar-refractivity contribution >= 4 is 46.3 Å². The lowest BCUT2D eigenvalue weighted by Gasteiger charge is -2.49. The average molecular weight is 567 g/mol. The fourth-order valence-electron chi connectivity index (χ4n) is 4.35. The van der Waals surface area contributed by atoms with E-state index in [2.05, 4.69) is 21.4 Å². The molecule has 4 N–H and O–H groups in total. The summed E-state index contributed by atoms with van der Waals surface area (Å²) in [5, 5.41) is 22.4. The number of amides is 1. The van der Waals surface area contributed by atoms with E-state index < -0.39 is 5.54 Å². The van der Waals surface area contributed by atoms with Crippen molar-refractivity contribution in [3.63, 3.8) is 0 Å². The van der Waals surface area contributed by atoms with E-state index in [1.165, 1.54) is 12.4 Å². The summed E-state index contributed by atoms with van der Waals surface area (Å²) in [4.78, 5) is 24.3. The summed E-state index contributed by atoms with van der Waals surface area (Å²) in [5.41, 5.74) is 8.03. The number of carbonyl (C=O) groups is 1. The minimum atomic E-state index is -0.410. The summed E-state index contributed by atoms with van der Waals surface area (Å²) in [7, 11) is 3.67. The van der Waals surface area contributed by atoms with Gasteiger partial charge >= 0.3 is 0 Å². The molecule has 3 heterocycles. The van der Waals surface area contributed by atoms with E-state index in [0.29, 0.717) is 69.2 Å². The van der Waals surface area contributed by atoms with Crippen LogP contribution in [0.15, 0.2) is 42.9 Å². The van der Waals surface area contributed by atoms with Crippen molar-refractivity contribution < 1.29 is 9.53 Å². The second-order valence-corrected chi connectivity index (χ2v) is 10.7. The Bertz CT molecular complexity index is 1440. The van der Waals surface area contributed by atoms with E-state index in [4.69, 9.17) is 39.1 Å². The molecule has 1 aliphatic heterocycles. The summed E-state index contributed by atoms with van der Waals surface area (Å²) in [6.07, 6.45) is 4.52. The number of hydrogen-bond acceptors (Lipinski definition) is 9. The molecule has 12 heteroatoms. The van der Waals surface area contributed by atoms with Gasteiger partial charge in [0, 0.05) is 54.1 Å². The molecule has 1 aromatic carbocycles. The first kappa shape index (κ1) is 28.1. The van der Waals surface area contributed by atoms with E-state index in [1.807, 2.05) is 25.9 Å². The van der Waals surface area contributed by atoms with Crippen LogP contribution in [0.1, 0.15) is 29.2 Å². The number of rotatable bonds is 9. The molecule has 10 nitrogen and oxygen atoms in total. The number of nitrogen functional groups attached to an aromatic ring is 1. The monoisotopic (exact) mass is 566 g/mol. The Balaban J connectivity index is 1.48. The number of halogens is 2. The molecular weight excluding hydrogens is 539 g/mol. The molecule has 0 bridgehead atoms. The fourth-order valence-corrected chi connectivity index (χ4v) is 4.82. The van der Waals surface area contributed by atoms with E-state index in [0.717, 1.165) is 0 Å². The lowest BCUT2D eigenvalue weighted by molar-refractivity contribution is -0.123. The van der Waals surface area contributed by atoms with Crippen LogP contribution in [0.3, 0.4) is 0 Å². The summed E-state index contributed by atoms with van der Waals surface area (Å²) < 4.78 is 5.86. The highest BCUT2D eigenvalue weighted by Gasteiger charge is 2.41. The van der Waals surface area contributed by atoms with Gasteiger partial charge in [-0.1, -0.05) is 23.2 Å². The standard InChI is InChI=1S/C27H28Cl2N8O2/c1-27(35-24(38)12-36(2)3)14-37(15-27)26-16(8-30)6-17(9-34-26)25(32)19-7-18(4-5-23(19)31)39-13-20-21(28)10-33-11-22(20)29/h4-7,9-11,32H,12-15,31H2,1-3H3,(H,35,38). The molecule has 1 saturated heterocycles. The number of nitrogens with zero attached hydrogens (tertiary/aromatic N) is 5. The number of hydrogen-bond donors (Lipinski definition) is 3. The highest BCUT2D eigenvalue weighted by atomic mass is 35.5. The van der Waals surface area contributed by atoms with Crippen molar-refractivity contribution in [1.82, 2.24) is 20.2 Å². The molecule has 0 saturated carbocycles. The number of likely N-dealkylation sites (N-methyl/N-ethyl adjacent to an activating group) is 1. The zero-order valence-corrected chi connectivity index (χ0v) is 23.3. The maximum Gasteiger partial charge on any atom is 0.234 e. The number of aromatic nitrogens is 2. The number of pyridine rings is 2. The highest BCUT2D eigenvalue weighted by Crippen LogP contribution is 2.31. The van der Waals surface area contributed by atoms with Crippen LogP contribution in [0.2, 0.25) is 10.0 Å². The van der Waals surface area contributed by atoms with Gasteiger partial charge in [0.2, 0.25) is 5.91 Å².